The molecule has 1 aromatic carbocycles. The molecule has 0 aliphatic carbocycles. The molecular formula is C23H32N2O3. The summed E-state index contributed by atoms with van der Waals surface area (Å²) >= 11 is 0. The average molecular weight is 385 g/mol. The lowest BCUT2D eigenvalue weighted by Crippen LogP contribution is -2.45. The molecule has 0 saturated heterocycles. The summed E-state index contributed by atoms with van der Waals surface area (Å²) in [5, 5.41) is 0. The molecule has 0 spiro atoms. The first-order valence-electron chi connectivity index (χ1n) is 10.1. The topological polar surface area (TPSA) is 53.8 Å². The quantitative estimate of drug-likeness (QED) is 0.604. The maximum atomic E-state index is 13.1. The number of nitrogens with zero attached hydrogens (tertiary/aromatic N) is 2. The van der Waals surface area contributed by atoms with Gasteiger partial charge in [-0.1, -0.05) is 43.7 Å². The van der Waals surface area contributed by atoms with E-state index >= 15 is 0 Å². The molecule has 28 heavy (non-hydrogen) atoms. The predicted molar refractivity (Wildman–Crippen MR) is 111 cm³/mol. The molecule has 2 amide bonds. The van der Waals surface area contributed by atoms with E-state index in [9.17, 15) is 9.59 Å². The van der Waals surface area contributed by atoms with Crippen LogP contribution in [0.2, 0.25) is 0 Å². The fourth-order valence-electron chi connectivity index (χ4n) is 3.07. The molecule has 0 fully saturated rings. The van der Waals surface area contributed by atoms with Crippen LogP contribution in [0, 0.1) is 6.92 Å². The highest BCUT2D eigenvalue weighted by Crippen LogP contribution is 2.15. The summed E-state index contributed by atoms with van der Waals surface area (Å²) < 4.78 is 5.68. The van der Waals surface area contributed by atoms with Crippen molar-refractivity contribution in [3.63, 3.8) is 0 Å². The fraction of sp³-hybridized carbons (Fsp3) is 0.478. The van der Waals surface area contributed by atoms with E-state index in [1.54, 1.807) is 9.80 Å². The van der Waals surface area contributed by atoms with E-state index in [1.807, 2.05) is 63.2 Å². The number of aryl methyl sites for hydroxylation is 1. The van der Waals surface area contributed by atoms with Crippen LogP contribution in [0.4, 0.5) is 0 Å². The minimum absolute atomic E-state index is 0.0160. The van der Waals surface area contributed by atoms with E-state index < -0.39 is 0 Å². The van der Waals surface area contributed by atoms with Crippen LogP contribution in [-0.4, -0.2) is 34.2 Å². The van der Waals surface area contributed by atoms with Crippen LogP contribution in [0.15, 0.2) is 46.9 Å². The molecule has 152 valence electrons. The van der Waals surface area contributed by atoms with Crippen LogP contribution in [0.25, 0.3) is 0 Å². The molecule has 0 aliphatic heterocycles. The summed E-state index contributed by atoms with van der Waals surface area (Å²) in [5.41, 5.74) is 1.05. The lowest BCUT2D eigenvalue weighted by Gasteiger charge is -2.30. The maximum Gasteiger partial charge on any atom is 0.242 e. The van der Waals surface area contributed by atoms with Gasteiger partial charge in [0.2, 0.25) is 11.8 Å². The molecule has 5 heteroatoms. The second-order valence-corrected chi connectivity index (χ2v) is 7.47. The van der Waals surface area contributed by atoms with Gasteiger partial charge in [-0.25, -0.2) is 0 Å². The van der Waals surface area contributed by atoms with Gasteiger partial charge in [0.1, 0.15) is 11.5 Å². The van der Waals surface area contributed by atoms with E-state index in [4.69, 9.17) is 4.42 Å². The van der Waals surface area contributed by atoms with E-state index in [0.29, 0.717) is 19.5 Å². The van der Waals surface area contributed by atoms with Crippen LogP contribution in [0.3, 0.4) is 0 Å². The van der Waals surface area contributed by atoms with E-state index in [-0.39, 0.29) is 24.4 Å². The van der Waals surface area contributed by atoms with Crippen LogP contribution < -0.4 is 0 Å². The molecule has 0 atom stereocenters. The molecule has 0 aliphatic rings. The van der Waals surface area contributed by atoms with Crippen molar-refractivity contribution in [3.8, 4) is 0 Å². The first-order valence-corrected chi connectivity index (χ1v) is 10.1. The number of carbonyl (C=O) groups is 2. The Morgan fingerprint density at radius 2 is 1.71 bits per heavy atom. The van der Waals surface area contributed by atoms with Gasteiger partial charge in [-0.2, -0.15) is 0 Å². The zero-order valence-corrected chi connectivity index (χ0v) is 17.5. The van der Waals surface area contributed by atoms with Crippen LogP contribution in [0.5, 0.6) is 0 Å². The molecule has 0 saturated carbocycles. The van der Waals surface area contributed by atoms with E-state index in [0.717, 1.165) is 29.9 Å². The van der Waals surface area contributed by atoms with Crippen molar-refractivity contribution in [2.24, 2.45) is 0 Å². The van der Waals surface area contributed by atoms with Gasteiger partial charge in [0.25, 0.3) is 0 Å². The Balaban J connectivity index is 2.15. The molecule has 0 radical (unpaired) electrons. The molecule has 0 bridgehead atoms. The lowest BCUT2D eigenvalue weighted by molar-refractivity contribution is -0.142. The Morgan fingerprint density at radius 1 is 1.00 bits per heavy atom. The van der Waals surface area contributed by atoms with Crippen molar-refractivity contribution in [2.75, 3.05) is 6.54 Å². The van der Waals surface area contributed by atoms with Gasteiger partial charge in [0, 0.05) is 19.0 Å². The van der Waals surface area contributed by atoms with Crippen molar-refractivity contribution in [1.82, 2.24) is 9.80 Å². The Morgan fingerprint density at radius 3 is 2.29 bits per heavy atom. The number of amides is 2. The largest absolute Gasteiger partial charge is 0.464 e. The summed E-state index contributed by atoms with van der Waals surface area (Å²) in [4.78, 5) is 29.1. The molecule has 0 unspecified atom stereocenters. The Kier molecular flexibility index (Phi) is 8.30. The second kappa shape index (κ2) is 10.7. The van der Waals surface area contributed by atoms with Gasteiger partial charge in [0.15, 0.2) is 0 Å². The van der Waals surface area contributed by atoms with Gasteiger partial charge < -0.3 is 14.2 Å². The summed E-state index contributed by atoms with van der Waals surface area (Å²) in [6.45, 7) is 8.81. The minimum atomic E-state index is -0.0727. The molecular weight excluding hydrogens is 352 g/mol. The molecule has 0 N–H and O–H groups in total. The normalized spacial score (nSPS) is 10.9. The number of furan rings is 1. The van der Waals surface area contributed by atoms with Gasteiger partial charge in [0.05, 0.1) is 13.1 Å². The number of hydrogen-bond donors (Lipinski definition) is 0. The minimum Gasteiger partial charge on any atom is -0.464 e. The van der Waals surface area contributed by atoms with Gasteiger partial charge in [-0.15, -0.1) is 0 Å². The standard InChI is InChI=1S/C23H32N2O3/c1-5-6-12-22(26)25(18(2)3)17-23(27)24(15-20-10-8-7-9-11-20)16-21-14-13-19(4)28-21/h7-11,13-14,18H,5-6,12,15-17H2,1-4H3. The molecule has 2 rings (SSSR count). The second-order valence-electron chi connectivity index (χ2n) is 7.47. The Bertz CT molecular complexity index is 752. The van der Waals surface area contributed by atoms with Crippen molar-refractivity contribution < 1.29 is 14.0 Å². The van der Waals surface area contributed by atoms with Crippen molar-refractivity contribution >= 4 is 11.8 Å². The third kappa shape index (κ3) is 6.55. The monoisotopic (exact) mass is 384 g/mol. The average Bonchev–Trinajstić information content (AvgIpc) is 3.08. The van der Waals surface area contributed by atoms with Crippen LogP contribution in [0.1, 0.15) is 57.1 Å². The van der Waals surface area contributed by atoms with Crippen molar-refractivity contribution in [1.29, 1.82) is 0 Å². The molecule has 1 heterocycles. The third-order valence-electron chi connectivity index (χ3n) is 4.71. The Labute approximate surface area is 168 Å². The molecule has 5 nitrogen and oxygen atoms in total. The SMILES string of the molecule is CCCCC(=O)N(CC(=O)N(Cc1ccccc1)Cc1ccc(C)o1)C(C)C. The zero-order valence-electron chi connectivity index (χ0n) is 17.5. The highest BCUT2D eigenvalue weighted by molar-refractivity contribution is 5.85. The van der Waals surface area contributed by atoms with Crippen LogP contribution >= 0.6 is 0 Å². The molecule has 2 aromatic rings. The van der Waals surface area contributed by atoms with Crippen molar-refractivity contribution in [3.05, 3.63) is 59.5 Å². The highest BCUT2D eigenvalue weighted by atomic mass is 16.3. The lowest BCUT2D eigenvalue weighted by atomic mass is 10.2. The van der Waals surface area contributed by atoms with Gasteiger partial charge in [-0.3, -0.25) is 9.59 Å². The summed E-state index contributed by atoms with van der Waals surface area (Å²) in [6.07, 6.45) is 2.29. The van der Waals surface area contributed by atoms with E-state index in [1.165, 1.54) is 0 Å². The van der Waals surface area contributed by atoms with Crippen molar-refractivity contribution in [2.45, 2.75) is 66.1 Å². The maximum absolute atomic E-state index is 13.1. The van der Waals surface area contributed by atoms with Gasteiger partial charge >= 0.3 is 0 Å². The highest BCUT2D eigenvalue weighted by Gasteiger charge is 2.24. The van der Waals surface area contributed by atoms with E-state index in [2.05, 4.69) is 6.92 Å². The zero-order chi connectivity index (χ0) is 20.5. The molecule has 1 aromatic heterocycles. The number of rotatable bonds is 10. The number of unbranched alkanes of at least 4 members (excludes halogenated alkanes) is 1. The first-order chi connectivity index (χ1) is 13.4. The van der Waals surface area contributed by atoms with Gasteiger partial charge in [-0.05, 0) is 44.9 Å². The van der Waals surface area contributed by atoms with Crippen LogP contribution in [-0.2, 0) is 22.7 Å². The number of benzene rings is 1. The summed E-state index contributed by atoms with van der Waals surface area (Å²) in [6, 6.07) is 13.7. The fourth-order valence-corrected chi connectivity index (χ4v) is 3.07. The number of carbonyl (C=O) groups excluding carboxylic acids is 2. The smallest absolute Gasteiger partial charge is 0.242 e. The Hall–Kier alpha value is -2.56. The number of hydrogen-bond acceptors (Lipinski definition) is 3. The first kappa shape index (κ1) is 21.7. The predicted octanol–water partition coefficient (Wildman–Crippen LogP) is 4.54. The summed E-state index contributed by atoms with van der Waals surface area (Å²) in [7, 11) is 0. The third-order valence-corrected chi connectivity index (χ3v) is 4.71. The summed E-state index contributed by atoms with van der Waals surface area (Å²) in [5.74, 6) is 1.53.